The Hall–Kier alpha value is -5.94. The Morgan fingerprint density at radius 2 is 1.45 bits per heavy atom. The minimum absolute atomic E-state index is 0.789. The molecule has 9 aromatic rings. The van der Waals surface area contributed by atoms with Gasteiger partial charge in [-0.1, -0.05) is 84.9 Å². The van der Waals surface area contributed by atoms with Crippen molar-refractivity contribution in [1.82, 2.24) is 14.1 Å². The van der Waals surface area contributed by atoms with Gasteiger partial charge in [0, 0.05) is 16.2 Å². The van der Waals surface area contributed by atoms with Gasteiger partial charge in [-0.25, -0.2) is 4.98 Å². The Balaban J connectivity index is 1.14. The lowest BCUT2D eigenvalue weighted by atomic mass is 10.0. The molecule has 0 N–H and O–H groups in total. The zero-order valence-electron chi connectivity index (χ0n) is 23.8. The summed E-state index contributed by atoms with van der Waals surface area (Å²) in [6.45, 7) is 0. The predicted molar refractivity (Wildman–Crippen MR) is 175 cm³/mol. The zero-order valence-corrected chi connectivity index (χ0v) is 23.8. The Labute approximate surface area is 253 Å². The van der Waals surface area contributed by atoms with Crippen LogP contribution >= 0.6 is 0 Å². The summed E-state index contributed by atoms with van der Waals surface area (Å²) in [6.07, 6.45) is 7.93. The molecule has 0 bridgehead atoms. The van der Waals surface area contributed by atoms with Gasteiger partial charge in [-0.3, -0.25) is 13.7 Å². The van der Waals surface area contributed by atoms with E-state index in [-0.39, 0.29) is 0 Å². The lowest BCUT2D eigenvalue weighted by molar-refractivity contribution is -0.572. The second-order valence-electron chi connectivity index (χ2n) is 11.1. The Morgan fingerprint density at radius 3 is 2.39 bits per heavy atom. The fourth-order valence-electron chi connectivity index (χ4n) is 6.41. The second kappa shape index (κ2) is 9.82. The van der Waals surface area contributed by atoms with E-state index in [0.717, 1.165) is 56.6 Å². The number of para-hydroxylation sites is 4. The van der Waals surface area contributed by atoms with Crippen molar-refractivity contribution in [3.8, 4) is 17.2 Å². The topological polar surface area (TPSA) is 39.8 Å². The van der Waals surface area contributed by atoms with Gasteiger partial charge in [0.25, 0.3) is 6.33 Å². The molecule has 4 aromatic heterocycles. The summed E-state index contributed by atoms with van der Waals surface area (Å²) in [4.78, 5) is 4.79. The number of imidazole rings is 1. The van der Waals surface area contributed by atoms with E-state index in [2.05, 4.69) is 141 Å². The summed E-state index contributed by atoms with van der Waals surface area (Å²) in [5.41, 5.74) is 9.94. The molecule has 0 amide bonds. The minimum Gasteiger partial charge on any atom is -0.463 e. The molecule has 0 aliphatic rings. The van der Waals surface area contributed by atoms with Crippen LogP contribution in [-0.4, -0.2) is 14.1 Å². The van der Waals surface area contributed by atoms with Crippen LogP contribution in [0.3, 0.4) is 0 Å². The van der Waals surface area contributed by atoms with E-state index in [0.29, 0.717) is 0 Å². The maximum atomic E-state index is 5.56. The van der Waals surface area contributed by atoms with E-state index in [4.69, 9.17) is 9.40 Å². The molecule has 0 radical (unpaired) electrons. The van der Waals surface area contributed by atoms with Crippen LogP contribution in [0.15, 0.2) is 150 Å². The molecular formula is C39H26N4O. The van der Waals surface area contributed by atoms with E-state index in [1.807, 2.05) is 18.3 Å². The van der Waals surface area contributed by atoms with Crippen LogP contribution in [0.1, 0.15) is 11.1 Å². The summed E-state index contributed by atoms with van der Waals surface area (Å²) in [7, 11) is 0. The number of aromatic nitrogens is 4. The van der Waals surface area contributed by atoms with Crippen LogP contribution in [0.5, 0.6) is 0 Å². The number of rotatable bonds is 5. The Bertz CT molecular complexity index is 2480. The summed E-state index contributed by atoms with van der Waals surface area (Å²) in [5, 5.41) is 3.47. The molecule has 4 heterocycles. The third-order valence-corrected chi connectivity index (χ3v) is 8.45. The standard InChI is InChI=1S/C39H26N4O/c1-2-10-30(11-3-1)41-26-42(36-16-7-6-15-35(36)41)31-12-8-9-27(22-31)21-28-17-18-33-32-13-4-5-14-34(32)43(37(33)23-28)39-24-29-19-20-44-38(29)25-40-39/h1-20,22-25H,21H2. The van der Waals surface area contributed by atoms with Crippen molar-refractivity contribution >= 4 is 43.8 Å². The monoisotopic (exact) mass is 566 g/mol. The third kappa shape index (κ3) is 3.94. The van der Waals surface area contributed by atoms with Gasteiger partial charge >= 0.3 is 0 Å². The fourth-order valence-corrected chi connectivity index (χ4v) is 6.41. The van der Waals surface area contributed by atoms with Gasteiger partial charge in [0.2, 0.25) is 0 Å². The molecule has 5 nitrogen and oxygen atoms in total. The molecule has 5 heteroatoms. The molecule has 44 heavy (non-hydrogen) atoms. The molecular weight excluding hydrogens is 540 g/mol. The van der Waals surface area contributed by atoms with Crippen LogP contribution in [0.25, 0.3) is 61.0 Å². The number of furan rings is 1. The van der Waals surface area contributed by atoms with Gasteiger partial charge in [-0.2, -0.15) is 0 Å². The molecule has 0 aliphatic carbocycles. The van der Waals surface area contributed by atoms with E-state index in [9.17, 15) is 0 Å². The van der Waals surface area contributed by atoms with E-state index >= 15 is 0 Å². The molecule has 9 rings (SSSR count). The van der Waals surface area contributed by atoms with Gasteiger partial charge in [-0.15, -0.1) is 0 Å². The third-order valence-electron chi connectivity index (χ3n) is 8.45. The highest BCUT2D eigenvalue weighted by molar-refractivity contribution is 6.09. The molecule has 0 unspecified atom stereocenters. The van der Waals surface area contributed by atoms with Crippen molar-refractivity contribution in [1.29, 1.82) is 0 Å². The van der Waals surface area contributed by atoms with Crippen molar-refractivity contribution < 1.29 is 8.98 Å². The van der Waals surface area contributed by atoms with Gasteiger partial charge < -0.3 is 4.42 Å². The summed E-state index contributed by atoms with van der Waals surface area (Å²) < 4.78 is 12.1. The average Bonchev–Trinajstić information content (AvgIpc) is 3.79. The lowest BCUT2D eigenvalue weighted by Crippen LogP contribution is -2.29. The first-order valence-corrected chi connectivity index (χ1v) is 14.8. The van der Waals surface area contributed by atoms with Crippen molar-refractivity contribution in [2.45, 2.75) is 6.42 Å². The number of nitrogens with zero attached hydrogens (tertiary/aromatic N) is 4. The number of hydrogen-bond donors (Lipinski definition) is 0. The first-order chi connectivity index (χ1) is 21.8. The molecule has 0 spiro atoms. The van der Waals surface area contributed by atoms with Crippen LogP contribution < -0.4 is 4.57 Å². The van der Waals surface area contributed by atoms with Gasteiger partial charge in [0.05, 0.1) is 45.9 Å². The maximum absolute atomic E-state index is 5.56. The van der Waals surface area contributed by atoms with Crippen LogP contribution in [0.2, 0.25) is 0 Å². The summed E-state index contributed by atoms with van der Waals surface area (Å²) in [5.74, 6) is 0.881. The number of benzene rings is 5. The highest BCUT2D eigenvalue weighted by Gasteiger charge is 2.15. The van der Waals surface area contributed by atoms with Crippen molar-refractivity contribution in [2.24, 2.45) is 0 Å². The maximum Gasteiger partial charge on any atom is 0.269 e. The second-order valence-corrected chi connectivity index (χ2v) is 11.1. The quantitative estimate of drug-likeness (QED) is 0.155. The normalized spacial score (nSPS) is 11.7. The van der Waals surface area contributed by atoms with E-state index in [1.165, 1.54) is 21.9 Å². The molecule has 0 saturated heterocycles. The van der Waals surface area contributed by atoms with Gasteiger partial charge in [-0.05, 0) is 66.1 Å². The summed E-state index contributed by atoms with van der Waals surface area (Å²) >= 11 is 0. The largest absolute Gasteiger partial charge is 0.463 e. The van der Waals surface area contributed by atoms with Crippen molar-refractivity contribution in [3.05, 3.63) is 163 Å². The van der Waals surface area contributed by atoms with Crippen LogP contribution in [0.4, 0.5) is 0 Å². The highest BCUT2D eigenvalue weighted by Crippen LogP contribution is 2.33. The predicted octanol–water partition coefficient (Wildman–Crippen LogP) is 8.54. The molecule has 0 saturated carbocycles. The Kier molecular flexibility index (Phi) is 5.50. The molecule has 5 aromatic carbocycles. The molecule has 208 valence electrons. The Morgan fingerprint density at radius 1 is 0.659 bits per heavy atom. The smallest absolute Gasteiger partial charge is 0.269 e. The number of fused-ring (bicyclic) bond motifs is 5. The fraction of sp³-hybridized carbons (Fsp3) is 0.0256. The van der Waals surface area contributed by atoms with E-state index in [1.54, 1.807) is 6.26 Å². The number of hydrogen-bond acceptors (Lipinski definition) is 2. The molecule has 0 aliphatic heterocycles. The summed E-state index contributed by atoms with van der Waals surface area (Å²) in [6, 6.07) is 47.0. The SMILES string of the molecule is [c-]1n(-c2cccc(Cc3ccc4c5ccccc5n(-c5cc6ccoc6cn5)c4c3)c2)c2ccccc2[n+]1-c1ccccc1. The first-order valence-electron chi connectivity index (χ1n) is 14.8. The van der Waals surface area contributed by atoms with Crippen molar-refractivity contribution in [2.75, 3.05) is 0 Å². The highest BCUT2D eigenvalue weighted by atomic mass is 16.3. The van der Waals surface area contributed by atoms with E-state index < -0.39 is 0 Å². The molecule has 0 fully saturated rings. The zero-order chi connectivity index (χ0) is 29.0. The van der Waals surface area contributed by atoms with Crippen molar-refractivity contribution in [3.63, 3.8) is 0 Å². The van der Waals surface area contributed by atoms with Gasteiger partial charge in [0.1, 0.15) is 5.82 Å². The van der Waals surface area contributed by atoms with Crippen LogP contribution in [-0.2, 0) is 6.42 Å². The van der Waals surface area contributed by atoms with Gasteiger partial charge in [0.15, 0.2) is 5.58 Å². The first kappa shape index (κ1) is 24.6. The minimum atomic E-state index is 0.789. The van der Waals surface area contributed by atoms with Crippen LogP contribution in [0, 0.1) is 6.33 Å². The lowest BCUT2D eigenvalue weighted by Gasteiger charge is -2.09. The molecule has 0 atom stereocenters. The number of pyridine rings is 1. The average molecular weight is 567 g/mol.